The van der Waals surface area contributed by atoms with Crippen molar-refractivity contribution in [3.63, 3.8) is 0 Å². The summed E-state index contributed by atoms with van der Waals surface area (Å²) in [5.41, 5.74) is 0. The third kappa shape index (κ3) is 3.14. The SMILES string of the molecule is [Ir].c1ccc2c[nH]cc2c1.c1ccc2c[nH]cc2c1. The van der Waals surface area contributed by atoms with Crippen LogP contribution < -0.4 is 0 Å². The van der Waals surface area contributed by atoms with Crippen LogP contribution in [0.4, 0.5) is 0 Å². The fourth-order valence-corrected chi connectivity index (χ4v) is 1.99. The van der Waals surface area contributed by atoms with Gasteiger partial charge >= 0.3 is 0 Å². The Morgan fingerprint density at radius 1 is 0.474 bits per heavy atom. The normalized spacial score (nSPS) is 9.68. The van der Waals surface area contributed by atoms with Gasteiger partial charge in [0, 0.05) is 44.9 Å². The zero-order valence-corrected chi connectivity index (χ0v) is 12.7. The van der Waals surface area contributed by atoms with Crippen LogP contribution in [0.15, 0.2) is 73.3 Å². The summed E-state index contributed by atoms with van der Waals surface area (Å²) in [7, 11) is 0. The van der Waals surface area contributed by atoms with Gasteiger partial charge in [0.25, 0.3) is 0 Å². The van der Waals surface area contributed by atoms with E-state index < -0.39 is 0 Å². The van der Waals surface area contributed by atoms with E-state index in [0.29, 0.717) is 0 Å². The number of aromatic amines is 2. The molecule has 0 saturated carbocycles. The van der Waals surface area contributed by atoms with Crippen molar-refractivity contribution in [3.05, 3.63) is 73.3 Å². The molecule has 2 nitrogen and oxygen atoms in total. The van der Waals surface area contributed by atoms with E-state index in [4.69, 9.17) is 0 Å². The van der Waals surface area contributed by atoms with Crippen molar-refractivity contribution in [2.45, 2.75) is 0 Å². The van der Waals surface area contributed by atoms with Gasteiger partial charge in [0.05, 0.1) is 0 Å². The molecule has 0 aliphatic heterocycles. The van der Waals surface area contributed by atoms with Gasteiger partial charge in [-0.2, -0.15) is 0 Å². The van der Waals surface area contributed by atoms with Crippen LogP contribution in [-0.4, -0.2) is 9.97 Å². The van der Waals surface area contributed by atoms with E-state index in [1.54, 1.807) is 0 Å². The Bertz CT molecular complexity index is 629. The van der Waals surface area contributed by atoms with Gasteiger partial charge in [-0.05, 0) is 21.5 Å². The van der Waals surface area contributed by atoms with Crippen molar-refractivity contribution in [2.75, 3.05) is 0 Å². The summed E-state index contributed by atoms with van der Waals surface area (Å²) >= 11 is 0. The Morgan fingerprint density at radius 2 is 0.737 bits per heavy atom. The molecule has 0 aliphatic carbocycles. The molecule has 4 aromatic rings. The summed E-state index contributed by atoms with van der Waals surface area (Å²) in [6, 6.07) is 16.5. The molecule has 4 rings (SSSR count). The molecule has 97 valence electrons. The summed E-state index contributed by atoms with van der Waals surface area (Å²) in [6.07, 6.45) is 7.98. The molecule has 19 heavy (non-hydrogen) atoms. The Labute approximate surface area is 125 Å². The second-order valence-corrected chi connectivity index (χ2v) is 4.17. The van der Waals surface area contributed by atoms with E-state index in [-0.39, 0.29) is 20.1 Å². The molecule has 0 aliphatic rings. The summed E-state index contributed by atoms with van der Waals surface area (Å²) in [5, 5.41) is 5.10. The number of H-pyrrole nitrogens is 2. The second kappa shape index (κ2) is 6.37. The Morgan fingerprint density at radius 3 is 1.00 bits per heavy atom. The molecule has 3 heteroatoms. The van der Waals surface area contributed by atoms with Gasteiger partial charge in [-0.1, -0.05) is 48.5 Å². The van der Waals surface area contributed by atoms with Crippen LogP contribution in [0.2, 0.25) is 0 Å². The topological polar surface area (TPSA) is 31.6 Å². The molecule has 0 saturated heterocycles. The van der Waals surface area contributed by atoms with Gasteiger partial charge in [0.15, 0.2) is 0 Å². The fourth-order valence-electron chi connectivity index (χ4n) is 1.99. The first kappa shape index (κ1) is 13.6. The molecule has 2 heterocycles. The summed E-state index contributed by atoms with van der Waals surface area (Å²) in [6.45, 7) is 0. The predicted molar refractivity (Wildman–Crippen MR) is 76.6 cm³/mol. The zero-order valence-electron chi connectivity index (χ0n) is 10.3. The number of fused-ring (bicyclic) bond motifs is 2. The first-order valence-electron chi connectivity index (χ1n) is 5.96. The number of benzene rings is 2. The monoisotopic (exact) mass is 427 g/mol. The van der Waals surface area contributed by atoms with Crippen molar-refractivity contribution in [1.82, 2.24) is 9.97 Å². The fraction of sp³-hybridized carbons (Fsp3) is 0. The van der Waals surface area contributed by atoms with Gasteiger partial charge in [-0.15, -0.1) is 0 Å². The average Bonchev–Trinajstić information content (AvgIpc) is 3.08. The van der Waals surface area contributed by atoms with Gasteiger partial charge in [0.2, 0.25) is 0 Å². The summed E-state index contributed by atoms with van der Waals surface area (Å²) in [5.74, 6) is 0. The van der Waals surface area contributed by atoms with Crippen molar-refractivity contribution < 1.29 is 20.1 Å². The maximum absolute atomic E-state index is 3.04. The van der Waals surface area contributed by atoms with Crippen LogP contribution in [0.1, 0.15) is 0 Å². The maximum atomic E-state index is 3.04. The molecule has 2 N–H and O–H groups in total. The molecule has 0 unspecified atom stereocenters. The molecule has 0 amide bonds. The molecule has 0 atom stereocenters. The van der Waals surface area contributed by atoms with Crippen LogP contribution in [0.25, 0.3) is 21.5 Å². The molecule has 2 aromatic carbocycles. The minimum absolute atomic E-state index is 0. The smallest absolute Gasteiger partial charge is 0.00843 e. The minimum Gasteiger partial charge on any atom is -0.366 e. The minimum atomic E-state index is 0. The molecular weight excluding hydrogens is 412 g/mol. The van der Waals surface area contributed by atoms with Gasteiger partial charge < -0.3 is 9.97 Å². The van der Waals surface area contributed by atoms with Gasteiger partial charge in [-0.25, -0.2) is 0 Å². The van der Waals surface area contributed by atoms with Crippen LogP contribution in [-0.2, 0) is 20.1 Å². The Balaban J connectivity index is 0.000000133. The van der Waals surface area contributed by atoms with Gasteiger partial charge in [-0.3, -0.25) is 0 Å². The molecule has 1 radical (unpaired) electrons. The summed E-state index contributed by atoms with van der Waals surface area (Å²) < 4.78 is 0. The average molecular weight is 427 g/mol. The second-order valence-electron chi connectivity index (χ2n) is 4.17. The van der Waals surface area contributed by atoms with Crippen LogP contribution in [0, 0.1) is 0 Å². The first-order valence-corrected chi connectivity index (χ1v) is 5.96. The van der Waals surface area contributed by atoms with Crippen molar-refractivity contribution in [1.29, 1.82) is 0 Å². The van der Waals surface area contributed by atoms with Crippen LogP contribution in [0.3, 0.4) is 0 Å². The van der Waals surface area contributed by atoms with E-state index in [1.165, 1.54) is 21.5 Å². The van der Waals surface area contributed by atoms with Gasteiger partial charge in [0.1, 0.15) is 0 Å². The number of hydrogen-bond donors (Lipinski definition) is 2. The predicted octanol–water partition coefficient (Wildman–Crippen LogP) is 4.33. The molecule has 0 fully saturated rings. The standard InChI is InChI=1S/2C8H7N.Ir/c2*1-2-4-8-6-9-5-7(8)3-1;/h2*1-6,9H;. The van der Waals surface area contributed by atoms with E-state index >= 15 is 0 Å². The van der Waals surface area contributed by atoms with Crippen molar-refractivity contribution in [3.8, 4) is 0 Å². The summed E-state index contributed by atoms with van der Waals surface area (Å²) in [4.78, 5) is 6.08. The maximum Gasteiger partial charge on any atom is 0.00843 e. The third-order valence-electron chi connectivity index (χ3n) is 2.95. The van der Waals surface area contributed by atoms with Crippen molar-refractivity contribution >= 4 is 21.5 Å². The molecule has 0 spiro atoms. The number of hydrogen-bond acceptors (Lipinski definition) is 0. The zero-order chi connectivity index (χ0) is 12.2. The molecule has 2 aromatic heterocycles. The van der Waals surface area contributed by atoms with Crippen LogP contribution >= 0.6 is 0 Å². The third-order valence-corrected chi connectivity index (χ3v) is 2.95. The number of aromatic nitrogens is 2. The molecular formula is C16H14IrN2. The first-order chi connectivity index (χ1) is 8.93. The quantitative estimate of drug-likeness (QED) is 0.419. The Hall–Kier alpha value is -1.83. The van der Waals surface area contributed by atoms with E-state index in [1.807, 2.05) is 49.1 Å². The number of rotatable bonds is 0. The van der Waals surface area contributed by atoms with E-state index in [2.05, 4.69) is 34.2 Å². The largest absolute Gasteiger partial charge is 0.366 e. The Kier molecular flexibility index (Phi) is 4.56. The molecule has 0 bridgehead atoms. The van der Waals surface area contributed by atoms with Crippen molar-refractivity contribution in [2.24, 2.45) is 0 Å². The van der Waals surface area contributed by atoms with Crippen LogP contribution in [0.5, 0.6) is 0 Å². The number of nitrogens with one attached hydrogen (secondary N) is 2. The van der Waals surface area contributed by atoms with E-state index in [9.17, 15) is 0 Å². The van der Waals surface area contributed by atoms with E-state index in [0.717, 1.165) is 0 Å².